The lowest BCUT2D eigenvalue weighted by molar-refractivity contribution is -0.384. The predicted molar refractivity (Wildman–Crippen MR) is 122 cm³/mol. The molecule has 0 saturated heterocycles. The molecule has 7 nitrogen and oxygen atoms in total. The first kappa shape index (κ1) is 21.1. The van der Waals surface area contributed by atoms with E-state index in [4.69, 9.17) is 9.05 Å². The highest BCUT2D eigenvalue weighted by Crippen LogP contribution is 2.47. The Balaban J connectivity index is 2.04. The van der Waals surface area contributed by atoms with Crippen molar-refractivity contribution in [1.29, 1.82) is 0 Å². The quantitative estimate of drug-likeness (QED) is 0.205. The van der Waals surface area contributed by atoms with Crippen molar-refractivity contribution in [3.8, 4) is 11.1 Å². The van der Waals surface area contributed by atoms with Gasteiger partial charge in [-0.15, -0.1) is 0 Å². The second kappa shape index (κ2) is 8.55. The zero-order valence-corrected chi connectivity index (χ0v) is 18.0. The van der Waals surface area contributed by atoms with Gasteiger partial charge in [0.05, 0.1) is 23.7 Å². The van der Waals surface area contributed by atoms with Crippen LogP contribution in [0.5, 0.6) is 0 Å². The number of hydrogen-bond acceptors (Lipinski definition) is 6. The Bertz CT molecular complexity index is 1320. The molecule has 0 saturated carbocycles. The van der Waals surface area contributed by atoms with E-state index < -0.39 is 12.5 Å². The van der Waals surface area contributed by atoms with Gasteiger partial charge in [-0.1, -0.05) is 48.5 Å². The summed E-state index contributed by atoms with van der Waals surface area (Å²) < 4.78 is 24.2. The molecular formula is C23H21N2O5P. The average molecular weight is 436 g/mol. The second-order valence-electron chi connectivity index (χ2n) is 6.85. The Morgan fingerprint density at radius 1 is 0.903 bits per heavy atom. The molecule has 0 spiro atoms. The Hall–Kier alpha value is -3.12. The summed E-state index contributed by atoms with van der Waals surface area (Å²) in [7, 11) is -3.61. The summed E-state index contributed by atoms with van der Waals surface area (Å²) in [5.74, 6) is 0. The highest BCUT2D eigenvalue weighted by molar-refractivity contribution is 7.61. The van der Waals surface area contributed by atoms with Gasteiger partial charge in [-0.2, -0.15) is 0 Å². The number of benzene rings is 3. The first-order valence-corrected chi connectivity index (χ1v) is 11.5. The molecule has 1 heterocycles. The molecule has 4 aromatic rings. The van der Waals surface area contributed by atoms with E-state index in [1.54, 1.807) is 26.0 Å². The minimum atomic E-state index is -3.61. The number of nitro groups is 1. The fourth-order valence-electron chi connectivity index (χ4n) is 3.64. The first-order chi connectivity index (χ1) is 15.0. The van der Waals surface area contributed by atoms with Crippen LogP contribution in [0.4, 0.5) is 5.69 Å². The molecule has 0 atom stereocenters. The van der Waals surface area contributed by atoms with Crippen LogP contribution < -0.4 is 5.44 Å². The van der Waals surface area contributed by atoms with E-state index in [0.29, 0.717) is 16.5 Å². The normalized spacial score (nSPS) is 11.8. The Morgan fingerprint density at radius 2 is 1.61 bits per heavy atom. The average Bonchev–Trinajstić information content (AvgIpc) is 2.78. The molecule has 0 unspecified atom stereocenters. The van der Waals surface area contributed by atoms with Crippen molar-refractivity contribution in [3.05, 3.63) is 76.8 Å². The maximum Gasteiger partial charge on any atom is 0.379 e. The second-order valence-corrected chi connectivity index (χ2v) is 8.82. The molecule has 31 heavy (non-hydrogen) atoms. The number of hydrogen-bond donors (Lipinski definition) is 0. The van der Waals surface area contributed by atoms with Crippen molar-refractivity contribution >= 4 is 40.4 Å². The van der Waals surface area contributed by atoms with Gasteiger partial charge in [0.25, 0.3) is 5.69 Å². The van der Waals surface area contributed by atoms with Crippen LogP contribution in [0.3, 0.4) is 0 Å². The molecule has 8 heteroatoms. The van der Waals surface area contributed by atoms with E-state index >= 15 is 0 Å². The lowest BCUT2D eigenvalue weighted by atomic mass is 9.96. The summed E-state index contributed by atoms with van der Waals surface area (Å²) in [4.78, 5) is 15.8. The van der Waals surface area contributed by atoms with Crippen molar-refractivity contribution in [2.75, 3.05) is 13.2 Å². The van der Waals surface area contributed by atoms with Crippen molar-refractivity contribution in [2.45, 2.75) is 13.8 Å². The lowest BCUT2D eigenvalue weighted by Crippen LogP contribution is -2.14. The maximum absolute atomic E-state index is 13.3. The zero-order chi connectivity index (χ0) is 22.0. The summed E-state index contributed by atoms with van der Waals surface area (Å²) >= 11 is 0. The molecular weight excluding hydrogens is 415 g/mol. The smallest absolute Gasteiger partial charge is 0.304 e. The molecule has 1 aromatic heterocycles. The van der Waals surface area contributed by atoms with Crippen molar-refractivity contribution in [1.82, 2.24) is 4.98 Å². The highest BCUT2D eigenvalue weighted by atomic mass is 31.2. The van der Waals surface area contributed by atoms with E-state index in [2.05, 4.69) is 4.98 Å². The standard InChI is InChI=1S/C23H21N2O5P/c1-3-29-31(28,30-4-2)22-13-12-17-14-18(25(26)27)15-21(23(17)24-22)20-11-7-9-16-8-5-6-10-19(16)20/h5-15H,3-4H2,1-2H3. The predicted octanol–water partition coefficient (Wildman–Crippen LogP) is 5.85. The van der Waals surface area contributed by atoms with Gasteiger partial charge in [0.1, 0.15) is 0 Å². The van der Waals surface area contributed by atoms with Crippen LogP contribution in [-0.4, -0.2) is 23.1 Å². The van der Waals surface area contributed by atoms with Gasteiger partial charge in [-0.05, 0) is 36.2 Å². The maximum atomic E-state index is 13.3. The molecule has 0 radical (unpaired) electrons. The summed E-state index contributed by atoms with van der Waals surface area (Å²) in [6.45, 7) is 3.87. The van der Waals surface area contributed by atoms with Crippen LogP contribution in [-0.2, 0) is 13.6 Å². The summed E-state index contributed by atoms with van der Waals surface area (Å²) in [5, 5.41) is 14.1. The third-order valence-corrected chi connectivity index (χ3v) is 6.94. The van der Waals surface area contributed by atoms with Gasteiger partial charge in [0, 0.05) is 23.1 Å². The molecule has 0 N–H and O–H groups in total. The first-order valence-electron chi connectivity index (χ1n) is 9.94. The van der Waals surface area contributed by atoms with Gasteiger partial charge >= 0.3 is 7.60 Å². The van der Waals surface area contributed by atoms with Crippen molar-refractivity contribution in [2.24, 2.45) is 0 Å². The topological polar surface area (TPSA) is 91.6 Å². The van der Waals surface area contributed by atoms with Crippen LogP contribution in [0.2, 0.25) is 0 Å². The molecule has 158 valence electrons. The monoisotopic (exact) mass is 436 g/mol. The van der Waals surface area contributed by atoms with E-state index in [9.17, 15) is 14.7 Å². The fraction of sp³-hybridized carbons (Fsp3) is 0.174. The number of aromatic nitrogens is 1. The van der Waals surface area contributed by atoms with Crippen molar-refractivity contribution < 1.29 is 18.5 Å². The van der Waals surface area contributed by atoms with Crippen molar-refractivity contribution in [3.63, 3.8) is 0 Å². The van der Waals surface area contributed by atoms with E-state index in [1.165, 1.54) is 12.1 Å². The summed E-state index contributed by atoms with van der Waals surface area (Å²) in [6.07, 6.45) is 0. The Morgan fingerprint density at radius 3 is 2.32 bits per heavy atom. The number of non-ortho nitro benzene ring substituents is 1. The van der Waals surface area contributed by atoms with Crippen LogP contribution >= 0.6 is 7.60 Å². The minimum Gasteiger partial charge on any atom is -0.304 e. The molecule has 0 amide bonds. The third kappa shape index (κ3) is 3.95. The zero-order valence-electron chi connectivity index (χ0n) is 17.1. The van der Waals surface area contributed by atoms with Crippen LogP contribution in [0, 0.1) is 10.1 Å². The molecule has 0 aliphatic rings. The minimum absolute atomic E-state index is 0.0391. The SMILES string of the molecule is CCOP(=O)(OCC)c1ccc2cc([N+](=O)[O-])cc(-c3cccc4ccccc34)c2n1. The van der Waals surface area contributed by atoms with Gasteiger partial charge in [0.2, 0.25) is 0 Å². The van der Waals surface area contributed by atoms with Gasteiger partial charge in [-0.25, -0.2) is 4.98 Å². The molecule has 3 aromatic carbocycles. The van der Waals surface area contributed by atoms with Crippen LogP contribution in [0.15, 0.2) is 66.7 Å². The summed E-state index contributed by atoms with van der Waals surface area (Å²) in [5.41, 5.74) is 2.03. The summed E-state index contributed by atoms with van der Waals surface area (Å²) in [6, 6.07) is 19.8. The third-order valence-electron chi connectivity index (χ3n) is 4.93. The van der Waals surface area contributed by atoms with Gasteiger partial charge < -0.3 is 9.05 Å². The lowest BCUT2D eigenvalue weighted by Gasteiger charge is -2.17. The number of nitrogens with zero attached hydrogens (tertiary/aromatic N) is 2. The van der Waals surface area contributed by atoms with E-state index in [1.807, 2.05) is 42.5 Å². The molecule has 4 rings (SSSR count). The van der Waals surface area contributed by atoms with Gasteiger partial charge in [-0.3, -0.25) is 14.7 Å². The number of fused-ring (bicyclic) bond motifs is 2. The molecule has 0 fully saturated rings. The number of nitro benzene ring substituents is 1. The highest BCUT2D eigenvalue weighted by Gasteiger charge is 2.29. The largest absolute Gasteiger partial charge is 0.379 e. The molecule has 0 aliphatic carbocycles. The van der Waals surface area contributed by atoms with E-state index in [0.717, 1.165) is 16.3 Å². The molecule has 0 bridgehead atoms. The Kier molecular flexibility index (Phi) is 5.83. The molecule has 0 aliphatic heterocycles. The van der Waals surface area contributed by atoms with Crippen LogP contribution in [0.25, 0.3) is 32.8 Å². The van der Waals surface area contributed by atoms with Gasteiger partial charge in [0.15, 0.2) is 5.44 Å². The Labute approximate surface area is 179 Å². The number of pyridine rings is 1. The van der Waals surface area contributed by atoms with Crippen LogP contribution in [0.1, 0.15) is 13.8 Å². The fourth-order valence-corrected chi connectivity index (χ4v) is 5.14. The van der Waals surface area contributed by atoms with E-state index in [-0.39, 0.29) is 24.3 Å². The number of rotatable bonds is 7.